The molecule has 2 heterocycles. The van der Waals surface area contributed by atoms with Crippen LogP contribution in [0.4, 0.5) is 5.82 Å². The summed E-state index contributed by atoms with van der Waals surface area (Å²) < 4.78 is 0. The van der Waals surface area contributed by atoms with Gasteiger partial charge in [-0.15, -0.1) is 11.3 Å². The number of rotatable bonds is 7. The van der Waals surface area contributed by atoms with Crippen LogP contribution in [0.15, 0.2) is 29.5 Å². The zero-order valence-electron chi connectivity index (χ0n) is 14.8. The highest BCUT2D eigenvalue weighted by molar-refractivity contribution is 7.11. The van der Waals surface area contributed by atoms with Gasteiger partial charge in [0.15, 0.2) is 5.96 Å². The number of thiazole rings is 1. The van der Waals surface area contributed by atoms with Gasteiger partial charge in [-0.2, -0.15) is 0 Å². The number of aromatic nitrogens is 2. The van der Waals surface area contributed by atoms with Gasteiger partial charge >= 0.3 is 0 Å². The lowest BCUT2D eigenvalue weighted by molar-refractivity contribution is -0.116. The van der Waals surface area contributed by atoms with Gasteiger partial charge in [0.1, 0.15) is 5.82 Å². The van der Waals surface area contributed by atoms with E-state index in [0.717, 1.165) is 23.5 Å². The molecule has 2 aromatic heterocycles. The van der Waals surface area contributed by atoms with Crippen LogP contribution in [0.25, 0.3) is 0 Å². The Hall–Kier alpha value is -2.48. The summed E-state index contributed by atoms with van der Waals surface area (Å²) in [6.45, 7) is 5.24. The normalized spacial score (nSPS) is 11.2. The standard InChI is InChI=1S/C17H24N6OS/c1-12-4-5-14(21-10-12)23-15(24)6-8-19-17(18-3)20-9-7-16-22-11-13(2)25-16/h4-5,10-11H,6-9H2,1-3H3,(H2,18,19,20)(H,21,23,24). The summed E-state index contributed by atoms with van der Waals surface area (Å²) in [5.74, 6) is 1.16. The molecule has 134 valence electrons. The van der Waals surface area contributed by atoms with Crippen molar-refractivity contribution in [2.24, 2.45) is 4.99 Å². The number of hydrogen-bond acceptors (Lipinski definition) is 5. The summed E-state index contributed by atoms with van der Waals surface area (Å²) in [6.07, 6.45) is 4.79. The van der Waals surface area contributed by atoms with Crippen LogP contribution in [0.2, 0.25) is 0 Å². The number of anilines is 1. The molecule has 0 saturated carbocycles. The molecule has 3 N–H and O–H groups in total. The van der Waals surface area contributed by atoms with Gasteiger partial charge in [-0.1, -0.05) is 6.07 Å². The van der Waals surface area contributed by atoms with Gasteiger partial charge < -0.3 is 16.0 Å². The zero-order chi connectivity index (χ0) is 18.1. The number of carbonyl (C=O) groups excluding carboxylic acids is 1. The number of guanidine groups is 1. The van der Waals surface area contributed by atoms with Gasteiger partial charge in [0.2, 0.25) is 5.91 Å². The Morgan fingerprint density at radius 2 is 1.96 bits per heavy atom. The molecule has 2 aromatic rings. The van der Waals surface area contributed by atoms with Crippen molar-refractivity contribution in [3.05, 3.63) is 40.0 Å². The second kappa shape index (κ2) is 9.73. The smallest absolute Gasteiger partial charge is 0.227 e. The van der Waals surface area contributed by atoms with Gasteiger partial charge in [-0.3, -0.25) is 9.79 Å². The highest BCUT2D eigenvalue weighted by Crippen LogP contribution is 2.10. The van der Waals surface area contributed by atoms with Crippen molar-refractivity contribution >= 4 is 29.0 Å². The average molecular weight is 360 g/mol. The van der Waals surface area contributed by atoms with Crippen molar-refractivity contribution in [3.8, 4) is 0 Å². The van der Waals surface area contributed by atoms with Gasteiger partial charge in [0, 0.05) is 50.2 Å². The number of carbonyl (C=O) groups is 1. The van der Waals surface area contributed by atoms with Crippen LogP contribution < -0.4 is 16.0 Å². The molecule has 7 nitrogen and oxygen atoms in total. The topological polar surface area (TPSA) is 91.3 Å². The maximum Gasteiger partial charge on any atom is 0.227 e. The highest BCUT2D eigenvalue weighted by atomic mass is 32.1. The third-order valence-electron chi connectivity index (χ3n) is 3.35. The van der Waals surface area contributed by atoms with Crippen LogP contribution in [0.1, 0.15) is 21.9 Å². The highest BCUT2D eigenvalue weighted by Gasteiger charge is 2.05. The molecule has 0 saturated heterocycles. The Kier molecular flexibility index (Phi) is 7.34. The molecule has 0 unspecified atom stereocenters. The van der Waals surface area contributed by atoms with Crippen molar-refractivity contribution in [3.63, 3.8) is 0 Å². The predicted octanol–water partition coefficient (Wildman–Crippen LogP) is 1.89. The second-order valence-corrected chi connectivity index (χ2v) is 6.88. The molecular weight excluding hydrogens is 336 g/mol. The van der Waals surface area contributed by atoms with E-state index in [2.05, 4.69) is 30.9 Å². The Balaban J connectivity index is 1.64. The summed E-state index contributed by atoms with van der Waals surface area (Å²) in [5, 5.41) is 10.2. The van der Waals surface area contributed by atoms with E-state index >= 15 is 0 Å². The Labute approximate surface area is 152 Å². The molecule has 0 spiro atoms. The van der Waals surface area contributed by atoms with E-state index in [4.69, 9.17) is 0 Å². The number of nitrogens with zero attached hydrogens (tertiary/aromatic N) is 3. The number of amides is 1. The first kappa shape index (κ1) is 18.9. The molecule has 0 atom stereocenters. The maximum atomic E-state index is 11.9. The fourth-order valence-electron chi connectivity index (χ4n) is 2.07. The largest absolute Gasteiger partial charge is 0.356 e. The fraction of sp³-hybridized carbons (Fsp3) is 0.412. The minimum Gasteiger partial charge on any atom is -0.356 e. The molecule has 25 heavy (non-hydrogen) atoms. The van der Waals surface area contributed by atoms with Crippen LogP contribution in [-0.2, 0) is 11.2 Å². The second-order valence-electron chi connectivity index (χ2n) is 5.56. The van der Waals surface area contributed by atoms with E-state index in [1.165, 1.54) is 4.88 Å². The molecule has 2 rings (SSSR count). The van der Waals surface area contributed by atoms with Gasteiger partial charge in [-0.05, 0) is 25.5 Å². The van der Waals surface area contributed by atoms with Crippen LogP contribution >= 0.6 is 11.3 Å². The Morgan fingerprint density at radius 3 is 2.60 bits per heavy atom. The van der Waals surface area contributed by atoms with Gasteiger partial charge in [-0.25, -0.2) is 9.97 Å². The summed E-state index contributed by atoms with van der Waals surface area (Å²) in [4.78, 5) is 25.8. The maximum absolute atomic E-state index is 11.9. The van der Waals surface area contributed by atoms with Crippen LogP contribution in [0.5, 0.6) is 0 Å². The van der Waals surface area contributed by atoms with Gasteiger partial charge in [0.25, 0.3) is 0 Å². The van der Waals surface area contributed by atoms with Crippen molar-refractivity contribution in [2.45, 2.75) is 26.7 Å². The van der Waals surface area contributed by atoms with E-state index in [9.17, 15) is 4.79 Å². The van der Waals surface area contributed by atoms with Gasteiger partial charge in [0.05, 0.1) is 5.01 Å². The van der Waals surface area contributed by atoms with E-state index in [0.29, 0.717) is 24.7 Å². The van der Waals surface area contributed by atoms with E-state index in [-0.39, 0.29) is 5.91 Å². The number of aryl methyl sites for hydroxylation is 2. The van der Waals surface area contributed by atoms with Crippen molar-refractivity contribution in [2.75, 3.05) is 25.5 Å². The molecule has 0 aliphatic rings. The number of aliphatic imine (C=N–C) groups is 1. The molecule has 0 radical (unpaired) electrons. The molecule has 8 heteroatoms. The van der Waals surface area contributed by atoms with Crippen molar-refractivity contribution < 1.29 is 4.79 Å². The lowest BCUT2D eigenvalue weighted by atomic mass is 10.3. The third kappa shape index (κ3) is 6.88. The lowest BCUT2D eigenvalue weighted by Gasteiger charge is -2.11. The Bertz CT molecular complexity index is 710. The van der Waals surface area contributed by atoms with Crippen LogP contribution in [0, 0.1) is 13.8 Å². The Morgan fingerprint density at radius 1 is 1.16 bits per heavy atom. The lowest BCUT2D eigenvalue weighted by Crippen LogP contribution is -2.39. The first-order valence-electron chi connectivity index (χ1n) is 8.15. The molecular formula is C17H24N6OS. The van der Waals surface area contributed by atoms with Crippen molar-refractivity contribution in [1.82, 2.24) is 20.6 Å². The third-order valence-corrected chi connectivity index (χ3v) is 4.32. The summed E-state index contributed by atoms with van der Waals surface area (Å²) >= 11 is 1.70. The molecule has 0 aromatic carbocycles. The molecule has 1 amide bonds. The van der Waals surface area contributed by atoms with E-state index in [1.54, 1.807) is 30.6 Å². The summed E-state index contributed by atoms with van der Waals surface area (Å²) in [6, 6.07) is 3.71. The van der Waals surface area contributed by atoms with Crippen LogP contribution in [-0.4, -0.2) is 42.0 Å². The predicted molar refractivity (Wildman–Crippen MR) is 102 cm³/mol. The van der Waals surface area contributed by atoms with Crippen LogP contribution in [0.3, 0.4) is 0 Å². The first-order chi connectivity index (χ1) is 12.1. The fourth-order valence-corrected chi connectivity index (χ4v) is 2.85. The number of hydrogen-bond donors (Lipinski definition) is 3. The zero-order valence-corrected chi connectivity index (χ0v) is 15.6. The number of pyridine rings is 1. The minimum atomic E-state index is -0.0856. The SMILES string of the molecule is CN=C(NCCC(=O)Nc1ccc(C)cn1)NCCc1ncc(C)s1. The first-order valence-corrected chi connectivity index (χ1v) is 8.97. The molecule has 0 aliphatic carbocycles. The summed E-state index contributed by atoms with van der Waals surface area (Å²) in [5.41, 5.74) is 1.06. The van der Waals surface area contributed by atoms with Crippen molar-refractivity contribution in [1.29, 1.82) is 0 Å². The minimum absolute atomic E-state index is 0.0856. The quantitative estimate of drug-likeness (QED) is 0.518. The van der Waals surface area contributed by atoms with E-state index in [1.807, 2.05) is 26.1 Å². The molecule has 0 aliphatic heterocycles. The summed E-state index contributed by atoms with van der Waals surface area (Å²) in [7, 11) is 1.71. The molecule has 0 bridgehead atoms. The monoisotopic (exact) mass is 360 g/mol. The number of nitrogens with one attached hydrogen (secondary N) is 3. The van der Waals surface area contributed by atoms with E-state index < -0.39 is 0 Å². The molecule has 0 fully saturated rings. The average Bonchev–Trinajstić information content (AvgIpc) is 3.01.